The molecule has 4 heteroatoms. The lowest BCUT2D eigenvalue weighted by Gasteiger charge is -2.09. The van der Waals surface area contributed by atoms with E-state index >= 15 is 0 Å². The van der Waals surface area contributed by atoms with Crippen molar-refractivity contribution in [3.63, 3.8) is 0 Å². The van der Waals surface area contributed by atoms with Gasteiger partial charge < -0.3 is 4.57 Å². The van der Waals surface area contributed by atoms with Crippen LogP contribution in [0.3, 0.4) is 0 Å². The predicted octanol–water partition coefficient (Wildman–Crippen LogP) is 5.03. The van der Waals surface area contributed by atoms with Crippen LogP contribution in [0, 0.1) is 12.7 Å². The molecular formula is C18H19FN2S. The van der Waals surface area contributed by atoms with Crippen molar-refractivity contribution in [2.75, 3.05) is 5.75 Å². The second kappa shape index (κ2) is 6.53. The molecule has 0 atom stereocenters. The van der Waals surface area contributed by atoms with Crippen LogP contribution in [-0.4, -0.2) is 15.3 Å². The van der Waals surface area contributed by atoms with Crippen molar-refractivity contribution in [2.24, 2.45) is 0 Å². The Hall–Kier alpha value is -1.81. The summed E-state index contributed by atoms with van der Waals surface area (Å²) >= 11 is 1.85. The van der Waals surface area contributed by atoms with E-state index in [2.05, 4.69) is 34.7 Å². The number of benzene rings is 2. The Morgan fingerprint density at radius 2 is 2.00 bits per heavy atom. The number of hydrogen-bond donors (Lipinski definition) is 0. The van der Waals surface area contributed by atoms with Crippen molar-refractivity contribution in [3.8, 4) is 0 Å². The number of fused-ring (bicyclic) bond motifs is 1. The first-order valence-electron chi connectivity index (χ1n) is 7.52. The molecule has 0 bridgehead atoms. The van der Waals surface area contributed by atoms with Gasteiger partial charge in [-0.3, -0.25) is 0 Å². The molecule has 2 nitrogen and oxygen atoms in total. The van der Waals surface area contributed by atoms with Gasteiger partial charge >= 0.3 is 0 Å². The van der Waals surface area contributed by atoms with Gasteiger partial charge in [0.2, 0.25) is 0 Å². The third-order valence-electron chi connectivity index (χ3n) is 3.67. The maximum Gasteiger partial charge on any atom is 0.128 e. The predicted molar refractivity (Wildman–Crippen MR) is 91.0 cm³/mol. The van der Waals surface area contributed by atoms with Crippen LogP contribution >= 0.6 is 11.8 Å². The lowest BCUT2D eigenvalue weighted by atomic mass is 10.2. The molecule has 1 heterocycles. The Kier molecular flexibility index (Phi) is 4.48. The molecule has 0 aliphatic rings. The Bertz CT molecular complexity index is 795. The van der Waals surface area contributed by atoms with Crippen molar-refractivity contribution in [2.45, 2.75) is 31.7 Å². The van der Waals surface area contributed by atoms with Crippen LogP contribution in [0.15, 0.2) is 47.4 Å². The zero-order chi connectivity index (χ0) is 15.5. The highest BCUT2D eigenvalue weighted by molar-refractivity contribution is 7.99. The highest BCUT2D eigenvalue weighted by atomic mass is 32.2. The molecule has 0 fully saturated rings. The normalized spacial score (nSPS) is 11.2. The number of halogens is 1. The lowest BCUT2D eigenvalue weighted by Crippen LogP contribution is -2.03. The van der Waals surface area contributed by atoms with Crippen LogP contribution in [0.4, 0.5) is 4.39 Å². The maximum atomic E-state index is 13.9. The molecular weight excluding hydrogens is 295 g/mol. The first-order valence-corrected chi connectivity index (χ1v) is 8.50. The number of aryl methyl sites for hydroxylation is 1. The molecule has 3 rings (SSSR count). The van der Waals surface area contributed by atoms with Crippen molar-refractivity contribution >= 4 is 22.8 Å². The van der Waals surface area contributed by atoms with E-state index in [0.717, 1.165) is 29.0 Å². The molecule has 0 aliphatic heterocycles. The van der Waals surface area contributed by atoms with Crippen molar-refractivity contribution in [1.29, 1.82) is 0 Å². The molecule has 0 unspecified atom stereocenters. The van der Waals surface area contributed by atoms with Crippen LogP contribution in [0.2, 0.25) is 0 Å². The fourth-order valence-corrected chi connectivity index (χ4v) is 3.33. The fourth-order valence-electron chi connectivity index (χ4n) is 2.53. The first-order chi connectivity index (χ1) is 10.7. The number of imidazole rings is 1. The van der Waals surface area contributed by atoms with E-state index in [4.69, 9.17) is 0 Å². The van der Waals surface area contributed by atoms with Crippen LogP contribution in [0.1, 0.15) is 24.7 Å². The number of aromatic nitrogens is 2. The van der Waals surface area contributed by atoms with E-state index in [9.17, 15) is 4.39 Å². The van der Waals surface area contributed by atoms with Gasteiger partial charge in [0, 0.05) is 10.5 Å². The molecule has 0 saturated carbocycles. The van der Waals surface area contributed by atoms with Crippen LogP contribution < -0.4 is 0 Å². The largest absolute Gasteiger partial charge is 0.324 e. The Morgan fingerprint density at radius 1 is 1.18 bits per heavy atom. The molecule has 3 aromatic rings. The van der Waals surface area contributed by atoms with E-state index in [0.29, 0.717) is 12.1 Å². The van der Waals surface area contributed by atoms with Gasteiger partial charge in [0.25, 0.3) is 0 Å². The standard InChI is InChI=1S/C18H19FN2S/c1-3-10-22-15-8-9-17-18(11-15)21(13(2)20-17)12-14-6-4-5-7-16(14)19/h4-9,11H,3,10,12H2,1-2H3. The molecule has 2 aromatic carbocycles. The minimum atomic E-state index is -0.166. The summed E-state index contributed by atoms with van der Waals surface area (Å²) in [4.78, 5) is 5.83. The van der Waals surface area contributed by atoms with E-state index in [1.807, 2.05) is 30.8 Å². The molecule has 0 N–H and O–H groups in total. The zero-order valence-corrected chi connectivity index (χ0v) is 13.7. The van der Waals surface area contributed by atoms with Gasteiger partial charge in [-0.15, -0.1) is 11.8 Å². The molecule has 0 saturated heterocycles. The first kappa shape index (κ1) is 15.1. The smallest absolute Gasteiger partial charge is 0.128 e. The summed E-state index contributed by atoms with van der Waals surface area (Å²) in [6.45, 7) is 4.66. The molecule has 1 aromatic heterocycles. The molecule has 0 spiro atoms. The summed E-state index contributed by atoms with van der Waals surface area (Å²) in [6.07, 6.45) is 1.15. The van der Waals surface area contributed by atoms with Gasteiger partial charge in [-0.05, 0) is 43.4 Å². The van der Waals surface area contributed by atoms with Crippen LogP contribution in [0.25, 0.3) is 11.0 Å². The van der Waals surface area contributed by atoms with E-state index in [1.54, 1.807) is 6.07 Å². The van der Waals surface area contributed by atoms with Gasteiger partial charge in [0.15, 0.2) is 0 Å². The molecule has 0 amide bonds. The molecule has 0 radical (unpaired) electrons. The highest BCUT2D eigenvalue weighted by Gasteiger charge is 2.10. The molecule has 114 valence electrons. The van der Waals surface area contributed by atoms with Crippen molar-refractivity contribution in [3.05, 3.63) is 59.7 Å². The van der Waals surface area contributed by atoms with Crippen LogP contribution in [0.5, 0.6) is 0 Å². The van der Waals surface area contributed by atoms with Gasteiger partial charge in [0.1, 0.15) is 11.6 Å². The van der Waals surface area contributed by atoms with E-state index in [-0.39, 0.29) is 5.82 Å². The fraction of sp³-hybridized carbons (Fsp3) is 0.278. The van der Waals surface area contributed by atoms with Crippen molar-refractivity contribution < 1.29 is 4.39 Å². The van der Waals surface area contributed by atoms with Gasteiger partial charge in [-0.2, -0.15) is 0 Å². The Morgan fingerprint density at radius 3 is 2.77 bits per heavy atom. The SMILES string of the molecule is CCCSc1ccc2nc(C)n(Cc3ccccc3F)c2c1. The zero-order valence-electron chi connectivity index (χ0n) is 12.8. The van der Waals surface area contributed by atoms with E-state index < -0.39 is 0 Å². The van der Waals surface area contributed by atoms with Crippen LogP contribution in [-0.2, 0) is 6.54 Å². The second-order valence-electron chi connectivity index (χ2n) is 5.34. The Balaban J connectivity index is 2.00. The third-order valence-corrected chi connectivity index (χ3v) is 4.87. The summed E-state index contributed by atoms with van der Waals surface area (Å²) in [5.41, 5.74) is 2.73. The minimum Gasteiger partial charge on any atom is -0.324 e. The number of nitrogens with zero attached hydrogens (tertiary/aromatic N) is 2. The Labute approximate surface area is 134 Å². The topological polar surface area (TPSA) is 17.8 Å². The van der Waals surface area contributed by atoms with Gasteiger partial charge in [-0.1, -0.05) is 25.1 Å². The molecule has 0 aliphatic carbocycles. The number of hydrogen-bond acceptors (Lipinski definition) is 2. The summed E-state index contributed by atoms with van der Waals surface area (Å²) in [5.74, 6) is 1.85. The summed E-state index contributed by atoms with van der Waals surface area (Å²) in [5, 5.41) is 0. The summed E-state index contributed by atoms with van der Waals surface area (Å²) in [7, 11) is 0. The average Bonchev–Trinajstić information content (AvgIpc) is 2.83. The third kappa shape index (κ3) is 3.02. The average molecular weight is 314 g/mol. The molecule has 22 heavy (non-hydrogen) atoms. The van der Waals surface area contributed by atoms with Crippen molar-refractivity contribution in [1.82, 2.24) is 9.55 Å². The highest BCUT2D eigenvalue weighted by Crippen LogP contribution is 2.25. The monoisotopic (exact) mass is 314 g/mol. The lowest BCUT2D eigenvalue weighted by molar-refractivity contribution is 0.599. The van der Waals surface area contributed by atoms with E-state index in [1.165, 1.54) is 11.0 Å². The van der Waals surface area contributed by atoms with Gasteiger partial charge in [-0.25, -0.2) is 9.37 Å². The quantitative estimate of drug-likeness (QED) is 0.614. The number of thioether (sulfide) groups is 1. The maximum absolute atomic E-state index is 13.9. The second-order valence-corrected chi connectivity index (χ2v) is 6.50. The summed E-state index contributed by atoms with van der Waals surface area (Å²) in [6, 6.07) is 13.3. The number of rotatable bonds is 5. The summed E-state index contributed by atoms with van der Waals surface area (Å²) < 4.78 is 16.0. The minimum absolute atomic E-state index is 0.166. The van der Waals surface area contributed by atoms with Gasteiger partial charge in [0.05, 0.1) is 17.6 Å².